The van der Waals surface area contributed by atoms with Crippen LogP contribution in [0.1, 0.15) is 46.3 Å². The van der Waals surface area contributed by atoms with E-state index in [0.717, 1.165) is 19.2 Å². The number of piperazine rings is 1. The van der Waals surface area contributed by atoms with Gasteiger partial charge < -0.3 is 25.3 Å². The maximum Gasteiger partial charge on any atom is 0.405 e. The summed E-state index contributed by atoms with van der Waals surface area (Å²) >= 11 is 0. The van der Waals surface area contributed by atoms with Crippen LogP contribution in [-0.2, 0) is 0 Å². The van der Waals surface area contributed by atoms with Crippen molar-refractivity contribution in [2.75, 3.05) is 39.8 Å². The van der Waals surface area contributed by atoms with E-state index in [4.69, 9.17) is 0 Å². The van der Waals surface area contributed by atoms with Gasteiger partial charge in [-0.3, -0.25) is 14.2 Å². The van der Waals surface area contributed by atoms with Gasteiger partial charge in [-0.1, -0.05) is 13.8 Å². The zero-order valence-electron chi connectivity index (χ0n) is 21.7. The van der Waals surface area contributed by atoms with Crippen LogP contribution in [0.5, 0.6) is 11.5 Å². The highest BCUT2D eigenvalue weighted by molar-refractivity contribution is 5.95. The fourth-order valence-corrected chi connectivity index (χ4v) is 4.29. The molecule has 1 aliphatic rings. The number of benzene rings is 2. The molecule has 4 rings (SSSR count). The lowest BCUT2D eigenvalue weighted by Gasteiger charge is -2.32. The van der Waals surface area contributed by atoms with Gasteiger partial charge in [-0.05, 0) is 48.9 Å². The van der Waals surface area contributed by atoms with Crippen LogP contribution in [0.15, 0.2) is 36.4 Å². The maximum absolute atomic E-state index is 13.0. The Kier molecular flexibility index (Phi) is 7.82. The van der Waals surface area contributed by atoms with Gasteiger partial charge in [0.25, 0.3) is 11.8 Å². The lowest BCUT2D eigenvalue weighted by molar-refractivity contribution is -0.123. The predicted octanol–water partition coefficient (Wildman–Crippen LogP) is 3.15. The molecule has 2 heterocycles. The molecule has 0 spiro atoms. The van der Waals surface area contributed by atoms with E-state index in [1.54, 1.807) is 22.3 Å². The molecule has 2 amide bonds. The van der Waals surface area contributed by atoms with Gasteiger partial charge in [-0.25, -0.2) is 0 Å². The summed E-state index contributed by atoms with van der Waals surface area (Å²) in [7, 11) is 1.98. The normalized spacial score (nSPS) is 14.6. The first kappa shape index (κ1) is 27.9. The SMILES string of the molecule is CC(C)c1cc(-c2nnc(C(=O)NCC(F)(F)F)n2-c2ccc(C(=O)N3CCN(C)CC3)cc2)c(O)cc1O. The third-order valence-electron chi connectivity index (χ3n) is 6.49. The van der Waals surface area contributed by atoms with Crippen molar-refractivity contribution >= 4 is 11.8 Å². The molecule has 1 fully saturated rings. The number of carbonyl (C=O) groups is 2. The summed E-state index contributed by atoms with van der Waals surface area (Å²) < 4.78 is 39.5. The van der Waals surface area contributed by atoms with Crippen LogP contribution in [0.3, 0.4) is 0 Å². The zero-order valence-corrected chi connectivity index (χ0v) is 21.7. The largest absolute Gasteiger partial charge is 0.508 e. The number of hydrogen-bond acceptors (Lipinski definition) is 7. The van der Waals surface area contributed by atoms with Gasteiger partial charge in [-0.2, -0.15) is 13.2 Å². The van der Waals surface area contributed by atoms with Crippen molar-refractivity contribution in [2.45, 2.75) is 25.9 Å². The number of nitrogens with zero attached hydrogens (tertiary/aromatic N) is 5. The van der Waals surface area contributed by atoms with E-state index in [0.29, 0.717) is 24.2 Å². The molecule has 0 unspecified atom stereocenters. The van der Waals surface area contributed by atoms with Crippen molar-refractivity contribution in [1.29, 1.82) is 0 Å². The molecule has 0 radical (unpaired) electrons. The van der Waals surface area contributed by atoms with Gasteiger partial charge in [-0.15, -0.1) is 10.2 Å². The van der Waals surface area contributed by atoms with Crippen molar-refractivity contribution < 1.29 is 33.0 Å². The molecule has 2 aromatic carbocycles. The molecular weight excluding hydrogens is 517 g/mol. The third-order valence-corrected chi connectivity index (χ3v) is 6.49. The van der Waals surface area contributed by atoms with Gasteiger partial charge in [0.2, 0.25) is 5.82 Å². The van der Waals surface area contributed by atoms with E-state index >= 15 is 0 Å². The monoisotopic (exact) mass is 546 g/mol. The van der Waals surface area contributed by atoms with Crippen LogP contribution in [0.4, 0.5) is 13.2 Å². The summed E-state index contributed by atoms with van der Waals surface area (Å²) in [5, 5.41) is 30.5. The molecule has 0 saturated carbocycles. The van der Waals surface area contributed by atoms with Gasteiger partial charge in [0, 0.05) is 43.5 Å². The summed E-state index contributed by atoms with van der Waals surface area (Å²) in [6.45, 7) is 4.73. The number of amides is 2. The molecule has 3 aromatic rings. The van der Waals surface area contributed by atoms with Gasteiger partial charge in [0.15, 0.2) is 5.82 Å². The smallest absolute Gasteiger partial charge is 0.405 e. The Bertz CT molecular complexity index is 1360. The van der Waals surface area contributed by atoms with Gasteiger partial charge in [0.1, 0.15) is 18.0 Å². The van der Waals surface area contributed by atoms with E-state index in [1.165, 1.54) is 22.8 Å². The number of aromatic hydroxyl groups is 2. The predicted molar refractivity (Wildman–Crippen MR) is 136 cm³/mol. The molecule has 1 aromatic heterocycles. The highest BCUT2D eigenvalue weighted by atomic mass is 19.4. The summed E-state index contributed by atoms with van der Waals surface area (Å²) in [4.78, 5) is 29.6. The number of aromatic nitrogens is 3. The van der Waals surface area contributed by atoms with Crippen LogP contribution in [0, 0.1) is 0 Å². The lowest BCUT2D eigenvalue weighted by atomic mass is 9.98. The van der Waals surface area contributed by atoms with Crippen LogP contribution >= 0.6 is 0 Å². The average Bonchev–Trinajstić information content (AvgIpc) is 3.32. The second-order valence-corrected chi connectivity index (χ2v) is 9.71. The van der Waals surface area contributed by atoms with Crippen molar-refractivity contribution in [3.05, 3.63) is 53.3 Å². The minimum Gasteiger partial charge on any atom is -0.508 e. The Morgan fingerprint density at radius 1 is 1.00 bits per heavy atom. The number of halogens is 3. The highest BCUT2D eigenvalue weighted by Crippen LogP contribution is 2.38. The van der Waals surface area contributed by atoms with Crippen LogP contribution in [-0.4, -0.2) is 92.5 Å². The summed E-state index contributed by atoms with van der Waals surface area (Å²) in [6.07, 6.45) is -4.64. The number of carbonyl (C=O) groups excluding carboxylic acids is 2. The molecule has 0 aliphatic carbocycles. The highest BCUT2D eigenvalue weighted by Gasteiger charge is 2.30. The number of alkyl halides is 3. The number of phenols is 2. The molecule has 0 atom stereocenters. The van der Waals surface area contributed by atoms with Crippen LogP contribution in [0.2, 0.25) is 0 Å². The zero-order chi connectivity index (χ0) is 28.5. The Morgan fingerprint density at radius 3 is 2.23 bits per heavy atom. The number of hydrogen-bond donors (Lipinski definition) is 3. The minimum atomic E-state index is -4.64. The second kappa shape index (κ2) is 10.9. The number of nitrogens with one attached hydrogen (secondary N) is 1. The standard InChI is InChI=1S/C26H29F3N6O4/c1-15(2)18-12-19(21(37)13-20(18)36)22-31-32-23(24(38)30-14-26(27,28)29)35(22)17-6-4-16(5-7-17)25(39)34-10-8-33(3)9-11-34/h4-7,12-13,15,36-37H,8-11,14H2,1-3H3,(H,30,38). The molecule has 13 heteroatoms. The second-order valence-electron chi connectivity index (χ2n) is 9.71. The van der Waals surface area contributed by atoms with Crippen molar-refractivity contribution in [1.82, 2.24) is 29.9 Å². The molecule has 0 bridgehead atoms. The number of phenolic OH excluding ortho intramolecular Hbond substituents is 2. The average molecular weight is 547 g/mol. The molecule has 1 saturated heterocycles. The Morgan fingerprint density at radius 2 is 1.64 bits per heavy atom. The topological polar surface area (TPSA) is 124 Å². The first-order valence-electron chi connectivity index (χ1n) is 12.3. The fraction of sp³-hybridized carbons (Fsp3) is 0.385. The summed E-state index contributed by atoms with van der Waals surface area (Å²) in [6, 6.07) is 8.76. The lowest BCUT2D eigenvalue weighted by Crippen LogP contribution is -2.47. The number of likely N-dealkylation sites (N-methyl/N-ethyl adjacent to an activating group) is 1. The van der Waals surface area contributed by atoms with E-state index in [9.17, 15) is 33.0 Å². The molecule has 39 heavy (non-hydrogen) atoms. The molecule has 1 aliphatic heterocycles. The Hall–Kier alpha value is -4.13. The minimum absolute atomic E-state index is 0.0373. The molecule has 10 nitrogen and oxygen atoms in total. The molecule has 3 N–H and O–H groups in total. The Balaban J connectivity index is 1.76. The van der Waals surface area contributed by atoms with Crippen LogP contribution in [0.25, 0.3) is 17.1 Å². The Labute approximate surface area is 222 Å². The maximum atomic E-state index is 13.0. The van der Waals surface area contributed by atoms with E-state index < -0.39 is 24.5 Å². The third kappa shape index (κ3) is 6.14. The molecule has 208 valence electrons. The summed E-state index contributed by atoms with van der Waals surface area (Å²) in [5.41, 5.74) is 1.27. The van der Waals surface area contributed by atoms with Gasteiger partial charge in [0.05, 0.1) is 5.56 Å². The first-order chi connectivity index (χ1) is 18.4. The van der Waals surface area contributed by atoms with Crippen LogP contribution < -0.4 is 5.32 Å². The number of rotatable bonds is 6. The first-order valence-corrected chi connectivity index (χ1v) is 12.3. The summed E-state index contributed by atoms with van der Waals surface area (Å²) in [5.74, 6) is -2.45. The van der Waals surface area contributed by atoms with Crippen molar-refractivity contribution in [2.24, 2.45) is 0 Å². The molecular formula is C26H29F3N6O4. The van der Waals surface area contributed by atoms with Gasteiger partial charge >= 0.3 is 6.18 Å². The van der Waals surface area contributed by atoms with E-state index in [2.05, 4.69) is 15.1 Å². The van der Waals surface area contributed by atoms with E-state index in [1.807, 2.05) is 20.9 Å². The van der Waals surface area contributed by atoms with Crippen molar-refractivity contribution in [3.63, 3.8) is 0 Å². The quantitative estimate of drug-likeness (QED) is 0.434. The fourth-order valence-electron chi connectivity index (χ4n) is 4.29. The van der Waals surface area contributed by atoms with Crippen molar-refractivity contribution in [3.8, 4) is 28.6 Å². The van der Waals surface area contributed by atoms with E-state index in [-0.39, 0.29) is 40.4 Å².